The maximum atomic E-state index is 10.8. The summed E-state index contributed by atoms with van der Waals surface area (Å²) in [7, 11) is 0. The van der Waals surface area contributed by atoms with Crippen LogP contribution in [0.1, 0.15) is 35.9 Å². The van der Waals surface area contributed by atoms with E-state index >= 15 is 0 Å². The van der Waals surface area contributed by atoms with E-state index in [-0.39, 0.29) is 11.6 Å². The van der Waals surface area contributed by atoms with E-state index in [9.17, 15) is 18.0 Å². The van der Waals surface area contributed by atoms with Gasteiger partial charge in [-0.25, -0.2) is 9.78 Å². The van der Waals surface area contributed by atoms with Crippen LogP contribution in [0.4, 0.5) is 13.2 Å². The Morgan fingerprint density at radius 1 is 1.26 bits per heavy atom. The fraction of sp³-hybridized carbons (Fsp3) is 0.400. The maximum absolute atomic E-state index is 10.8. The number of aliphatic carboxylic acids is 1. The first kappa shape index (κ1) is 16.8. The Morgan fingerprint density at radius 2 is 1.68 bits per heavy atom. The second kappa shape index (κ2) is 6.66. The van der Waals surface area contributed by atoms with Crippen LogP contribution in [0.15, 0.2) is 12.4 Å². The molecule has 6 nitrogen and oxygen atoms in total. The van der Waals surface area contributed by atoms with Crippen LogP contribution in [0.3, 0.4) is 0 Å². The van der Waals surface area contributed by atoms with Crippen LogP contribution in [0, 0.1) is 0 Å². The number of alkyl halides is 3. The van der Waals surface area contributed by atoms with Crippen molar-refractivity contribution >= 4 is 11.9 Å². The van der Waals surface area contributed by atoms with Crippen molar-refractivity contribution in [2.24, 2.45) is 5.73 Å². The fourth-order valence-corrected chi connectivity index (χ4v) is 0.961. The van der Waals surface area contributed by atoms with Gasteiger partial charge < -0.3 is 10.8 Å². The number of carboxylic acid groups (broad SMARTS) is 1. The molecule has 0 bridgehead atoms. The van der Waals surface area contributed by atoms with Gasteiger partial charge in [0.05, 0.1) is 5.69 Å². The van der Waals surface area contributed by atoms with E-state index in [1.54, 1.807) is 6.20 Å². The van der Waals surface area contributed by atoms with E-state index in [1.165, 1.54) is 6.20 Å². The molecule has 0 saturated carbocycles. The zero-order chi connectivity index (χ0) is 15.2. The molecule has 0 radical (unpaired) electrons. The summed E-state index contributed by atoms with van der Waals surface area (Å²) in [5.41, 5.74) is 6.04. The molecular formula is C10H12F3N3O3. The Hall–Kier alpha value is -2.19. The predicted octanol–water partition coefficient (Wildman–Crippen LogP) is 1.33. The Morgan fingerprint density at radius 3 is 1.95 bits per heavy atom. The van der Waals surface area contributed by atoms with Crippen LogP contribution in [0.2, 0.25) is 0 Å². The number of hydrogen-bond donors (Lipinski definition) is 2. The highest BCUT2D eigenvalue weighted by Crippen LogP contribution is 2.13. The largest absolute Gasteiger partial charge is 0.490 e. The van der Waals surface area contributed by atoms with Crippen LogP contribution in [0.25, 0.3) is 0 Å². The summed E-state index contributed by atoms with van der Waals surface area (Å²) in [6.45, 7) is 3.88. The van der Waals surface area contributed by atoms with E-state index in [2.05, 4.69) is 9.97 Å². The number of amides is 1. The van der Waals surface area contributed by atoms with Crippen molar-refractivity contribution in [3.63, 3.8) is 0 Å². The standard InChI is InChI=1S/C8H11N3O.C2HF3O2/c1-5(2)6-7(8(9)12)11-4-3-10-6;3-2(4,5)1(6)7/h3-5H,1-2H3,(H2,9,12);(H,6,7). The number of halogens is 3. The lowest BCUT2D eigenvalue weighted by Gasteiger charge is -2.06. The van der Waals surface area contributed by atoms with Crippen molar-refractivity contribution in [2.75, 3.05) is 0 Å². The van der Waals surface area contributed by atoms with Crippen molar-refractivity contribution in [3.8, 4) is 0 Å². The van der Waals surface area contributed by atoms with Gasteiger partial charge in [0, 0.05) is 12.4 Å². The highest BCUT2D eigenvalue weighted by atomic mass is 19.4. The Labute approximate surface area is 106 Å². The summed E-state index contributed by atoms with van der Waals surface area (Å²) in [5, 5.41) is 7.12. The molecule has 9 heteroatoms. The van der Waals surface area contributed by atoms with Gasteiger partial charge in [0.15, 0.2) is 0 Å². The van der Waals surface area contributed by atoms with E-state index < -0.39 is 18.1 Å². The minimum atomic E-state index is -5.08. The topological polar surface area (TPSA) is 106 Å². The van der Waals surface area contributed by atoms with Crippen LogP contribution in [-0.2, 0) is 4.79 Å². The Bertz CT molecular complexity index is 461. The highest BCUT2D eigenvalue weighted by Gasteiger charge is 2.38. The number of aromatic nitrogens is 2. The Kier molecular flexibility index (Phi) is 5.90. The van der Waals surface area contributed by atoms with Crippen molar-refractivity contribution in [3.05, 3.63) is 23.8 Å². The third-order valence-electron chi connectivity index (χ3n) is 1.75. The van der Waals surface area contributed by atoms with Gasteiger partial charge in [-0.2, -0.15) is 13.2 Å². The number of hydrogen-bond acceptors (Lipinski definition) is 4. The number of carbonyl (C=O) groups excluding carboxylic acids is 1. The van der Waals surface area contributed by atoms with Gasteiger partial charge in [-0.1, -0.05) is 13.8 Å². The van der Waals surface area contributed by atoms with Crippen LogP contribution in [0.5, 0.6) is 0 Å². The quantitative estimate of drug-likeness (QED) is 0.849. The fourth-order valence-electron chi connectivity index (χ4n) is 0.961. The number of nitrogens with zero attached hydrogens (tertiary/aromatic N) is 2. The van der Waals surface area contributed by atoms with Gasteiger partial charge >= 0.3 is 12.1 Å². The molecule has 0 spiro atoms. The summed E-state index contributed by atoms with van der Waals surface area (Å²) < 4.78 is 31.7. The molecule has 0 unspecified atom stereocenters. The molecule has 0 atom stereocenters. The average molecular weight is 279 g/mol. The number of primary amides is 1. The molecule has 0 aliphatic rings. The van der Waals surface area contributed by atoms with E-state index in [0.717, 1.165) is 0 Å². The average Bonchev–Trinajstić information content (AvgIpc) is 2.28. The molecular weight excluding hydrogens is 267 g/mol. The molecule has 1 rings (SSSR count). The molecule has 0 aliphatic heterocycles. The van der Waals surface area contributed by atoms with E-state index in [4.69, 9.17) is 15.6 Å². The van der Waals surface area contributed by atoms with Crippen LogP contribution < -0.4 is 5.73 Å². The normalized spacial score (nSPS) is 10.6. The van der Waals surface area contributed by atoms with Gasteiger partial charge in [0.25, 0.3) is 5.91 Å². The molecule has 1 heterocycles. The summed E-state index contributed by atoms with van der Waals surface area (Å²) in [4.78, 5) is 27.6. The van der Waals surface area contributed by atoms with Crippen molar-refractivity contribution < 1.29 is 27.9 Å². The van der Waals surface area contributed by atoms with Crippen LogP contribution >= 0.6 is 0 Å². The van der Waals surface area contributed by atoms with Gasteiger partial charge in [0.1, 0.15) is 5.69 Å². The monoisotopic (exact) mass is 279 g/mol. The number of carbonyl (C=O) groups is 2. The molecule has 0 aliphatic carbocycles. The molecule has 0 fully saturated rings. The van der Waals surface area contributed by atoms with Crippen molar-refractivity contribution in [2.45, 2.75) is 25.9 Å². The predicted molar refractivity (Wildman–Crippen MR) is 58.3 cm³/mol. The lowest BCUT2D eigenvalue weighted by atomic mass is 10.1. The number of rotatable bonds is 2. The number of carboxylic acids is 1. The van der Waals surface area contributed by atoms with E-state index in [0.29, 0.717) is 5.69 Å². The molecule has 1 amide bonds. The molecule has 106 valence electrons. The molecule has 3 N–H and O–H groups in total. The van der Waals surface area contributed by atoms with Gasteiger partial charge in [0.2, 0.25) is 0 Å². The highest BCUT2D eigenvalue weighted by molar-refractivity contribution is 5.91. The first-order valence-electron chi connectivity index (χ1n) is 4.98. The van der Waals surface area contributed by atoms with Gasteiger partial charge in [-0.3, -0.25) is 9.78 Å². The summed E-state index contributed by atoms with van der Waals surface area (Å²) in [5.74, 6) is -3.11. The minimum Gasteiger partial charge on any atom is -0.475 e. The number of nitrogens with two attached hydrogens (primary N) is 1. The van der Waals surface area contributed by atoms with E-state index in [1.807, 2.05) is 13.8 Å². The zero-order valence-electron chi connectivity index (χ0n) is 10.1. The third-order valence-corrected chi connectivity index (χ3v) is 1.75. The second-order valence-corrected chi connectivity index (χ2v) is 3.61. The zero-order valence-corrected chi connectivity index (χ0v) is 10.1. The first-order chi connectivity index (χ1) is 8.57. The SMILES string of the molecule is CC(C)c1nccnc1C(N)=O.O=C(O)C(F)(F)F. The molecule has 0 saturated heterocycles. The summed E-state index contributed by atoms with van der Waals surface area (Å²) >= 11 is 0. The molecule has 19 heavy (non-hydrogen) atoms. The molecule has 1 aromatic heterocycles. The summed E-state index contributed by atoms with van der Waals surface area (Å²) in [6.07, 6.45) is -2.06. The van der Waals surface area contributed by atoms with Gasteiger partial charge in [-0.15, -0.1) is 0 Å². The lowest BCUT2D eigenvalue weighted by Crippen LogP contribution is -2.21. The van der Waals surface area contributed by atoms with Crippen LogP contribution in [-0.4, -0.2) is 33.1 Å². The second-order valence-electron chi connectivity index (χ2n) is 3.61. The van der Waals surface area contributed by atoms with Crippen molar-refractivity contribution in [1.82, 2.24) is 9.97 Å². The third kappa shape index (κ3) is 5.80. The minimum absolute atomic E-state index is 0.168. The van der Waals surface area contributed by atoms with Crippen molar-refractivity contribution in [1.29, 1.82) is 0 Å². The first-order valence-corrected chi connectivity index (χ1v) is 4.98. The maximum Gasteiger partial charge on any atom is 0.490 e. The molecule has 1 aromatic rings. The lowest BCUT2D eigenvalue weighted by molar-refractivity contribution is -0.192. The van der Waals surface area contributed by atoms with Gasteiger partial charge in [-0.05, 0) is 5.92 Å². The summed E-state index contributed by atoms with van der Waals surface area (Å²) in [6, 6.07) is 0. The smallest absolute Gasteiger partial charge is 0.475 e. The molecule has 0 aromatic carbocycles. The Balaban J connectivity index is 0.000000399.